The molecule has 0 fully saturated rings. The van der Waals surface area contributed by atoms with Gasteiger partial charge in [-0.3, -0.25) is 14.9 Å². The molecular weight excluding hydrogens is 326 g/mol. The van der Waals surface area contributed by atoms with Crippen molar-refractivity contribution >= 4 is 17.4 Å². The number of carbonyl (C=O) groups is 2. The summed E-state index contributed by atoms with van der Waals surface area (Å²) in [5.41, 5.74) is 8.47. The maximum Gasteiger partial charge on any atom is 0.238 e. The minimum Gasteiger partial charge on any atom is -0.368 e. The van der Waals surface area contributed by atoms with Crippen LogP contribution >= 0.6 is 0 Å². The van der Waals surface area contributed by atoms with Gasteiger partial charge in [-0.05, 0) is 30.0 Å². The second-order valence-electron chi connectivity index (χ2n) is 6.50. The molecule has 1 aliphatic rings. The minimum atomic E-state index is -0.587. The second-order valence-corrected chi connectivity index (χ2v) is 6.50. The van der Waals surface area contributed by atoms with Gasteiger partial charge in [0.25, 0.3) is 0 Å². The molecule has 2 amide bonds. The number of hydrogen-bond donors (Lipinski definition) is 3. The summed E-state index contributed by atoms with van der Waals surface area (Å²) in [6.07, 6.45) is 2.57. The molecule has 2 aromatic carbocycles. The molecule has 134 valence electrons. The fraction of sp³-hybridized carbons (Fsp3) is 0.238. The highest BCUT2D eigenvalue weighted by Gasteiger charge is 2.29. The van der Waals surface area contributed by atoms with Crippen molar-refractivity contribution < 1.29 is 9.59 Å². The SMILES string of the molecule is C[C@H](N[C@H]1CC(c2ccccc2)=C[C@H](c2ccccc2)NC1=O)C(N)=O. The molecule has 0 spiro atoms. The van der Waals surface area contributed by atoms with E-state index in [1.54, 1.807) is 6.92 Å². The van der Waals surface area contributed by atoms with Crippen LogP contribution in [-0.2, 0) is 9.59 Å². The number of carbonyl (C=O) groups excluding carboxylic acids is 2. The van der Waals surface area contributed by atoms with Gasteiger partial charge in [0.2, 0.25) is 11.8 Å². The van der Waals surface area contributed by atoms with Gasteiger partial charge in [0.15, 0.2) is 0 Å². The molecule has 1 heterocycles. The van der Waals surface area contributed by atoms with Crippen molar-refractivity contribution in [3.63, 3.8) is 0 Å². The summed E-state index contributed by atoms with van der Waals surface area (Å²) >= 11 is 0. The number of nitrogens with one attached hydrogen (secondary N) is 2. The number of hydrogen-bond acceptors (Lipinski definition) is 3. The molecular formula is C21H23N3O2. The van der Waals surface area contributed by atoms with Gasteiger partial charge >= 0.3 is 0 Å². The third-order valence-electron chi connectivity index (χ3n) is 4.59. The normalized spacial score (nSPS) is 21.3. The van der Waals surface area contributed by atoms with Gasteiger partial charge in [-0.15, -0.1) is 0 Å². The van der Waals surface area contributed by atoms with Crippen molar-refractivity contribution in [1.82, 2.24) is 10.6 Å². The summed E-state index contributed by atoms with van der Waals surface area (Å²) in [6.45, 7) is 1.67. The quantitative estimate of drug-likeness (QED) is 0.773. The average Bonchev–Trinajstić information content (AvgIpc) is 2.82. The van der Waals surface area contributed by atoms with E-state index in [0.29, 0.717) is 6.42 Å². The summed E-state index contributed by atoms with van der Waals surface area (Å²) in [5, 5.41) is 6.11. The Kier molecular flexibility index (Phi) is 5.49. The number of primary amides is 1. The Balaban J connectivity index is 1.95. The zero-order valence-corrected chi connectivity index (χ0v) is 14.7. The van der Waals surface area contributed by atoms with E-state index in [0.717, 1.165) is 16.7 Å². The second kappa shape index (κ2) is 7.97. The van der Waals surface area contributed by atoms with Gasteiger partial charge in [0.1, 0.15) is 0 Å². The zero-order chi connectivity index (χ0) is 18.5. The predicted octanol–water partition coefficient (Wildman–Crippen LogP) is 2.16. The van der Waals surface area contributed by atoms with Crippen LogP contribution in [0.25, 0.3) is 5.57 Å². The van der Waals surface area contributed by atoms with Crippen LogP contribution in [0.2, 0.25) is 0 Å². The van der Waals surface area contributed by atoms with Gasteiger partial charge in [0, 0.05) is 0 Å². The van der Waals surface area contributed by atoms with Crippen LogP contribution in [0, 0.1) is 0 Å². The zero-order valence-electron chi connectivity index (χ0n) is 14.7. The van der Waals surface area contributed by atoms with Crippen LogP contribution in [0.3, 0.4) is 0 Å². The lowest BCUT2D eigenvalue weighted by Crippen LogP contribution is -2.51. The highest BCUT2D eigenvalue weighted by Crippen LogP contribution is 2.28. The maximum absolute atomic E-state index is 12.8. The first-order chi connectivity index (χ1) is 12.5. The lowest BCUT2D eigenvalue weighted by Gasteiger charge is -2.21. The third-order valence-corrected chi connectivity index (χ3v) is 4.59. The molecule has 0 aromatic heterocycles. The highest BCUT2D eigenvalue weighted by atomic mass is 16.2. The van der Waals surface area contributed by atoms with Crippen molar-refractivity contribution in [2.45, 2.75) is 31.5 Å². The van der Waals surface area contributed by atoms with Crippen molar-refractivity contribution in [1.29, 1.82) is 0 Å². The molecule has 0 saturated carbocycles. The lowest BCUT2D eigenvalue weighted by atomic mass is 9.96. The van der Waals surface area contributed by atoms with E-state index in [9.17, 15) is 9.59 Å². The Morgan fingerprint density at radius 3 is 2.35 bits per heavy atom. The van der Waals surface area contributed by atoms with Crippen molar-refractivity contribution in [3.05, 3.63) is 77.9 Å². The van der Waals surface area contributed by atoms with E-state index >= 15 is 0 Å². The van der Waals surface area contributed by atoms with Gasteiger partial charge in [-0.1, -0.05) is 66.7 Å². The Bertz CT molecular complexity index is 803. The molecule has 3 atom stereocenters. The molecule has 3 rings (SSSR count). The fourth-order valence-electron chi connectivity index (χ4n) is 3.10. The van der Waals surface area contributed by atoms with Gasteiger partial charge in [-0.2, -0.15) is 0 Å². The van der Waals surface area contributed by atoms with Crippen LogP contribution in [0.4, 0.5) is 0 Å². The largest absolute Gasteiger partial charge is 0.368 e. The highest BCUT2D eigenvalue weighted by molar-refractivity contribution is 5.88. The third kappa shape index (κ3) is 4.18. The van der Waals surface area contributed by atoms with E-state index in [-0.39, 0.29) is 11.9 Å². The summed E-state index contributed by atoms with van der Waals surface area (Å²) in [7, 11) is 0. The van der Waals surface area contributed by atoms with Crippen LogP contribution in [-0.4, -0.2) is 23.9 Å². The van der Waals surface area contributed by atoms with Gasteiger partial charge in [-0.25, -0.2) is 0 Å². The topological polar surface area (TPSA) is 84.2 Å². The summed E-state index contributed by atoms with van der Waals surface area (Å²) in [5.74, 6) is -0.624. The molecule has 4 N–H and O–H groups in total. The average molecular weight is 349 g/mol. The number of benzene rings is 2. The lowest BCUT2D eigenvalue weighted by molar-refractivity contribution is -0.124. The standard InChI is InChI=1S/C21H23N3O2/c1-14(20(22)25)23-19-13-17(15-8-4-2-5-9-15)12-18(24-21(19)26)16-10-6-3-7-11-16/h2-12,14,18-19,23H,13H2,1H3,(H2,22,25)(H,24,26)/t14-,18+,19-/m0/s1. The Hall–Kier alpha value is -2.92. The van der Waals surface area contributed by atoms with Crippen molar-refractivity contribution in [2.24, 2.45) is 5.73 Å². The van der Waals surface area contributed by atoms with Crippen LogP contribution in [0.15, 0.2) is 66.7 Å². The fourth-order valence-corrected chi connectivity index (χ4v) is 3.10. The molecule has 5 heteroatoms. The smallest absolute Gasteiger partial charge is 0.238 e. The molecule has 2 aromatic rings. The summed E-state index contributed by atoms with van der Waals surface area (Å²) in [6, 6.07) is 18.4. The molecule has 0 aliphatic carbocycles. The van der Waals surface area contributed by atoms with E-state index in [1.165, 1.54) is 0 Å². The molecule has 0 bridgehead atoms. The van der Waals surface area contributed by atoms with Gasteiger partial charge < -0.3 is 11.1 Å². The number of nitrogens with two attached hydrogens (primary N) is 1. The molecule has 0 radical (unpaired) electrons. The molecule has 0 unspecified atom stereocenters. The van der Waals surface area contributed by atoms with Crippen LogP contribution < -0.4 is 16.4 Å². The first-order valence-electron chi connectivity index (χ1n) is 8.71. The molecule has 26 heavy (non-hydrogen) atoms. The maximum atomic E-state index is 12.8. The van der Waals surface area contributed by atoms with Gasteiger partial charge in [0.05, 0.1) is 18.1 Å². The number of rotatable bonds is 5. The van der Waals surface area contributed by atoms with E-state index in [4.69, 9.17) is 5.73 Å². The Morgan fingerprint density at radius 2 is 1.73 bits per heavy atom. The molecule has 0 saturated heterocycles. The van der Waals surface area contributed by atoms with E-state index < -0.39 is 18.0 Å². The monoisotopic (exact) mass is 349 g/mol. The van der Waals surface area contributed by atoms with Crippen LogP contribution in [0.5, 0.6) is 0 Å². The summed E-state index contributed by atoms with van der Waals surface area (Å²) < 4.78 is 0. The summed E-state index contributed by atoms with van der Waals surface area (Å²) in [4.78, 5) is 24.2. The minimum absolute atomic E-state index is 0.144. The van der Waals surface area contributed by atoms with Crippen molar-refractivity contribution in [3.8, 4) is 0 Å². The first kappa shape index (κ1) is 17.9. The van der Waals surface area contributed by atoms with E-state index in [1.807, 2.05) is 60.7 Å². The van der Waals surface area contributed by atoms with Crippen LogP contribution in [0.1, 0.15) is 30.5 Å². The van der Waals surface area contributed by atoms with Crippen molar-refractivity contribution in [2.75, 3.05) is 0 Å². The Labute approximate surface area is 153 Å². The molecule has 1 aliphatic heterocycles. The first-order valence-corrected chi connectivity index (χ1v) is 8.71. The predicted molar refractivity (Wildman–Crippen MR) is 102 cm³/mol. The molecule has 5 nitrogen and oxygen atoms in total. The number of amides is 2. The Morgan fingerprint density at radius 1 is 1.12 bits per heavy atom. The van der Waals surface area contributed by atoms with E-state index in [2.05, 4.69) is 16.7 Å².